The second-order valence-corrected chi connectivity index (χ2v) is 3.53. The smallest absolute Gasteiger partial charge is 0.0589 e. The second-order valence-electron chi connectivity index (χ2n) is 3.53. The second kappa shape index (κ2) is 5.51. The summed E-state index contributed by atoms with van der Waals surface area (Å²) in [5.74, 6) is 0.840. The van der Waals surface area contributed by atoms with Gasteiger partial charge in [0.25, 0.3) is 0 Å². The predicted molar refractivity (Wildman–Crippen MR) is 50.1 cm³/mol. The van der Waals surface area contributed by atoms with Gasteiger partial charge in [-0.15, -0.1) is 0 Å². The highest BCUT2D eigenvalue weighted by atomic mass is 16.5. The highest BCUT2D eigenvalue weighted by molar-refractivity contribution is 4.75. The molecule has 3 heteroatoms. The number of nitrogens with two attached hydrogens (primary N) is 1. The third-order valence-corrected chi connectivity index (χ3v) is 2.56. The topological polar surface area (TPSA) is 38.5 Å². The quantitative estimate of drug-likeness (QED) is 0.648. The minimum Gasteiger partial charge on any atom is -0.383 e. The SMILES string of the molecule is COCCN1CC[C@H](CCN)C1. The normalized spacial score (nSPS) is 25.0. The molecule has 1 heterocycles. The minimum atomic E-state index is 0.836. The lowest BCUT2D eigenvalue weighted by Crippen LogP contribution is -2.25. The number of hydrogen-bond acceptors (Lipinski definition) is 3. The Labute approximate surface area is 74.9 Å². The molecule has 0 unspecified atom stereocenters. The number of hydrogen-bond donors (Lipinski definition) is 1. The standard InChI is InChI=1S/C9H20N2O/c1-12-7-6-11-5-3-9(8-11)2-4-10/h9H,2-8,10H2,1H3/t9-/m0/s1. The summed E-state index contributed by atoms with van der Waals surface area (Å²) in [6.07, 6.45) is 2.50. The highest BCUT2D eigenvalue weighted by Gasteiger charge is 2.20. The molecule has 1 atom stereocenters. The predicted octanol–water partition coefficient (Wildman–Crippen LogP) is 0.304. The van der Waals surface area contributed by atoms with Crippen LogP contribution in [-0.2, 0) is 4.74 Å². The summed E-state index contributed by atoms with van der Waals surface area (Å²) in [6, 6.07) is 0. The van der Waals surface area contributed by atoms with Gasteiger partial charge < -0.3 is 15.4 Å². The average Bonchev–Trinajstić information content (AvgIpc) is 2.50. The summed E-state index contributed by atoms with van der Waals surface area (Å²) in [5, 5.41) is 0. The molecule has 0 bridgehead atoms. The third-order valence-electron chi connectivity index (χ3n) is 2.56. The largest absolute Gasteiger partial charge is 0.383 e. The molecule has 0 saturated carbocycles. The van der Waals surface area contributed by atoms with Crippen molar-refractivity contribution >= 4 is 0 Å². The Morgan fingerprint density at radius 3 is 3.08 bits per heavy atom. The van der Waals surface area contributed by atoms with Crippen molar-refractivity contribution < 1.29 is 4.74 Å². The van der Waals surface area contributed by atoms with E-state index < -0.39 is 0 Å². The van der Waals surface area contributed by atoms with E-state index in [1.165, 1.54) is 25.9 Å². The molecule has 72 valence electrons. The van der Waals surface area contributed by atoms with Gasteiger partial charge in [-0.1, -0.05) is 0 Å². The molecule has 0 spiro atoms. The van der Waals surface area contributed by atoms with Gasteiger partial charge in [-0.2, -0.15) is 0 Å². The van der Waals surface area contributed by atoms with Crippen molar-refractivity contribution in [2.24, 2.45) is 11.7 Å². The molecule has 1 aliphatic heterocycles. The van der Waals surface area contributed by atoms with E-state index in [-0.39, 0.29) is 0 Å². The van der Waals surface area contributed by atoms with E-state index in [2.05, 4.69) is 4.90 Å². The van der Waals surface area contributed by atoms with Crippen LogP contribution >= 0.6 is 0 Å². The fourth-order valence-electron chi connectivity index (χ4n) is 1.81. The molecule has 0 amide bonds. The number of nitrogens with zero attached hydrogens (tertiary/aromatic N) is 1. The van der Waals surface area contributed by atoms with Crippen molar-refractivity contribution in [2.75, 3.05) is 39.9 Å². The van der Waals surface area contributed by atoms with Gasteiger partial charge in [-0.05, 0) is 31.8 Å². The van der Waals surface area contributed by atoms with Crippen LogP contribution in [0.3, 0.4) is 0 Å². The van der Waals surface area contributed by atoms with Gasteiger partial charge in [0.2, 0.25) is 0 Å². The van der Waals surface area contributed by atoms with Crippen molar-refractivity contribution in [2.45, 2.75) is 12.8 Å². The highest BCUT2D eigenvalue weighted by Crippen LogP contribution is 2.17. The molecular weight excluding hydrogens is 152 g/mol. The van der Waals surface area contributed by atoms with Crippen LogP contribution in [0, 0.1) is 5.92 Å². The molecule has 0 aliphatic carbocycles. The van der Waals surface area contributed by atoms with Gasteiger partial charge in [0, 0.05) is 20.2 Å². The Kier molecular flexibility index (Phi) is 4.58. The molecule has 12 heavy (non-hydrogen) atoms. The van der Waals surface area contributed by atoms with Crippen LogP contribution in [0.5, 0.6) is 0 Å². The fourth-order valence-corrected chi connectivity index (χ4v) is 1.81. The average molecular weight is 172 g/mol. The number of likely N-dealkylation sites (tertiary alicyclic amines) is 1. The van der Waals surface area contributed by atoms with E-state index in [0.29, 0.717) is 0 Å². The minimum absolute atomic E-state index is 0.836. The molecule has 3 nitrogen and oxygen atoms in total. The summed E-state index contributed by atoms with van der Waals surface area (Å²) in [4.78, 5) is 2.46. The van der Waals surface area contributed by atoms with E-state index in [1.807, 2.05) is 0 Å². The van der Waals surface area contributed by atoms with Crippen LogP contribution < -0.4 is 5.73 Å². The van der Waals surface area contributed by atoms with Crippen LogP contribution in [0.1, 0.15) is 12.8 Å². The Bertz CT molecular complexity index is 119. The summed E-state index contributed by atoms with van der Waals surface area (Å²) in [7, 11) is 1.76. The van der Waals surface area contributed by atoms with Gasteiger partial charge in [0.05, 0.1) is 6.61 Å². The lowest BCUT2D eigenvalue weighted by Gasteiger charge is -2.14. The zero-order chi connectivity index (χ0) is 8.81. The summed E-state index contributed by atoms with van der Waals surface area (Å²) in [6.45, 7) is 5.23. The Balaban J connectivity index is 2.08. The zero-order valence-corrected chi connectivity index (χ0v) is 7.96. The first-order valence-electron chi connectivity index (χ1n) is 4.78. The van der Waals surface area contributed by atoms with Crippen molar-refractivity contribution in [3.8, 4) is 0 Å². The van der Waals surface area contributed by atoms with Crippen molar-refractivity contribution in [1.82, 2.24) is 4.90 Å². The van der Waals surface area contributed by atoms with Crippen molar-refractivity contribution in [1.29, 1.82) is 0 Å². The summed E-state index contributed by atoms with van der Waals surface area (Å²) >= 11 is 0. The van der Waals surface area contributed by atoms with Crippen LogP contribution in [0.25, 0.3) is 0 Å². The van der Waals surface area contributed by atoms with E-state index in [0.717, 1.165) is 25.6 Å². The van der Waals surface area contributed by atoms with Crippen LogP contribution in [-0.4, -0.2) is 44.8 Å². The van der Waals surface area contributed by atoms with E-state index in [1.54, 1.807) is 7.11 Å². The van der Waals surface area contributed by atoms with Crippen LogP contribution in [0.15, 0.2) is 0 Å². The maximum Gasteiger partial charge on any atom is 0.0589 e. The molecule has 0 radical (unpaired) electrons. The van der Waals surface area contributed by atoms with Crippen molar-refractivity contribution in [3.05, 3.63) is 0 Å². The lowest BCUT2D eigenvalue weighted by molar-refractivity contribution is 0.158. The number of ether oxygens (including phenoxy) is 1. The molecule has 0 aromatic carbocycles. The molecule has 2 N–H and O–H groups in total. The molecular formula is C9H20N2O. The van der Waals surface area contributed by atoms with Crippen molar-refractivity contribution in [3.63, 3.8) is 0 Å². The van der Waals surface area contributed by atoms with Gasteiger partial charge in [-0.3, -0.25) is 0 Å². The van der Waals surface area contributed by atoms with Gasteiger partial charge in [-0.25, -0.2) is 0 Å². The lowest BCUT2D eigenvalue weighted by atomic mass is 10.1. The maximum absolute atomic E-state index is 5.51. The maximum atomic E-state index is 5.51. The first-order valence-corrected chi connectivity index (χ1v) is 4.78. The summed E-state index contributed by atoms with van der Waals surface area (Å²) in [5.41, 5.74) is 5.51. The first kappa shape index (κ1) is 9.96. The Morgan fingerprint density at radius 1 is 1.58 bits per heavy atom. The van der Waals surface area contributed by atoms with Crippen LogP contribution in [0.4, 0.5) is 0 Å². The van der Waals surface area contributed by atoms with E-state index >= 15 is 0 Å². The fraction of sp³-hybridized carbons (Fsp3) is 1.00. The van der Waals surface area contributed by atoms with E-state index in [4.69, 9.17) is 10.5 Å². The third kappa shape index (κ3) is 3.09. The van der Waals surface area contributed by atoms with Gasteiger partial charge >= 0.3 is 0 Å². The van der Waals surface area contributed by atoms with Gasteiger partial charge in [0.1, 0.15) is 0 Å². The monoisotopic (exact) mass is 172 g/mol. The molecule has 1 fully saturated rings. The molecule has 1 saturated heterocycles. The van der Waals surface area contributed by atoms with E-state index in [9.17, 15) is 0 Å². The molecule has 0 aromatic heterocycles. The Morgan fingerprint density at radius 2 is 2.42 bits per heavy atom. The van der Waals surface area contributed by atoms with Crippen LogP contribution in [0.2, 0.25) is 0 Å². The first-order chi connectivity index (χ1) is 5.86. The van der Waals surface area contributed by atoms with Gasteiger partial charge in [0.15, 0.2) is 0 Å². The number of methoxy groups -OCH3 is 1. The molecule has 1 aliphatic rings. The zero-order valence-electron chi connectivity index (χ0n) is 7.96. The number of rotatable bonds is 5. The Hall–Kier alpha value is -0.120. The molecule has 1 rings (SSSR count). The summed E-state index contributed by atoms with van der Waals surface area (Å²) < 4.78 is 5.03. The molecule has 0 aromatic rings.